The fourth-order valence-electron chi connectivity index (χ4n) is 2.26. The van der Waals surface area contributed by atoms with E-state index in [1.807, 2.05) is 29.3 Å². The van der Waals surface area contributed by atoms with E-state index in [1.54, 1.807) is 6.20 Å². The number of nitrogens with one attached hydrogen (secondary N) is 1. The first-order valence-corrected chi connectivity index (χ1v) is 7.47. The van der Waals surface area contributed by atoms with E-state index < -0.39 is 0 Å². The number of rotatable bonds is 5. The molecule has 0 atom stereocenters. The van der Waals surface area contributed by atoms with Crippen LogP contribution in [0.2, 0.25) is 0 Å². The van der Waals surface area contributed by atoms with E-state index >= 15 is 0 Å². The molecule has 1 aliphatic rings. The lowest BCUT2D eigenvalue weighted by molar-refractivity contribution is 0.122. The van der Waals surface area contributed by atoms with Crippen molar-refractivity contribution >= 4 is 11.9 Å². The van der Waals surface area contributed by atoms with Gasteiger partial charge in [0.2, 0.25) is 17.7 Å². The first-order valence-electron chi connectivity index (χ1n) is 7.47. The fourth-order valence-corrected chi connectivity index (χ4v) is 2.26. The number of morpholine rings is 1. The Balaban J connectivity index is 1.67. The minimum Gasteiger partial charge on any atom is -0.378 e. The minimum atomic E-state index is 0.116. The van der Waals surface area contributed by atoms with Crippen molar-refractivity contribution in [1.29, 1.82) is 5.26 Å². The van der Waals surface area contributed by atoms with Gasteiger partial charge in [-0.1, -0.05) is 6.07 Å². The van der Waals surface area contributed by atoms with Crippen LogP contribution in [0.4, 0.5) is 11.9 Å². The summed E-state index contributed by atoms with van der Waals surface area (Å²) in [6, 6.07) is 5.91. The number of ether oxygens (including phenoxy) is 1. The molecule has 2 aromatic rings. The number of aromatic nitrogens is 4. The number of nitrogens with zero attached hydrogens (tertiary/aromatic N) is 6. The molecule has 2 aromatic heterocycles. The smallest absolute Gasteiger partial charge is 0.238 e. The van der Waals surface area contributed by atoms with E-state index in [4.69, 9.17) is 10.00 Å². The van der Waals surface area contributed by atoms with E-state index in [2.05, 4.69) is 25.3 Å². The van der Waals surface area contributed by atoms with Crippen molar-refractivity contribution in [1.82, 2.24) is 19.9 Å². The van der Waals surface area contributed by atoms with Crippen molar-refractivity contribution in [2.45, 2.75) is 6.42 Å². The van der Waals surface area contributed by atoms with Gasteiger partial charge >= 0.3 is 0 Å². The van der Waals surface area contributed by atoms with E-state index in [1.165, 1.54) is 0 Å². The third kappa shape index (κ3) is 4.11. The highest BCUT2D eigenvalue weighted by atomic mass is 16.5. The van der Waals surface area contributed by atoms with Crippen LogP contribution in [0.1, 0.15) is 11.4 Å². The van der Waals surface area contributed by atoms with E-state index in [0.717, 1.165) is 12.0 Å². The van der Waals surface area contributed by atoms with Gasteiger partial charge in [-0.2, -0.15) is 20.2 Å². The molecule has 0 aliphatic carbocycles. The summed E-state index contributed by atoms with van der Waals surface area (Å²) in [4.78, 5) is 18.8. The average Bonchev–Trinajstić information content (AvgIpc) is 2.63. The second-order valence-corrected chi connectivity index (χ2v) is 5.03. The van der Waals surface area contributed by atoms with Crippen molar-refractivity contribution < 1.29 is 4.74 Å². The third-order valence-electron chi connectivity index (χ3n) is 3.44. The van der Waals surface area contributed by atoms with Crippen LogP contribution in [0.25, 0.3) is 0 Å². The Morgan fingerprint density at radius 1 is 1.26 bits per heavy atom. The second-order valence-electron chi connectivity index (χ2n) is 5.03. The molecule has 0 bridgehead atoms. The molecular formula is C15H17N7O. The summed E-state index contributed by atoms with van der Waals surface area (Å²) < 4.78 is 5.32. The molecule has 0 spiro atoms. The maximum atomic E-state index is 9.11. The molecule has 1 N–H and O–H groups in total. The molecule has 0 amide bonds. The summed E-state index contributed by atoms with van der Waals surface area (Å²) in [6.45, 7) is 3.35. The largest absolute Gasteiger partial charge is 0.378 e. The highest BCUT2D eigenvalue weighted by Crippen LogP contribution is 2.12. The van der Waals surface area contributed by atoms with Gasteiger partial charge in [0.05, 0.1) is 13.2 Å². The van der Waals surface area contributed by atoms with Gasteiger partial charge in [-0.3, -0.25) is 4.98 Å². The number of hydrogen-bond donors (Lipinski definition) is 1. The molecule has 0 saturated carbocycles. The van der Waals surface area contributed by atoms with E-state index in [0.29, 0.717) is 44.7 Å². The van der Waals surface area contributed by atoms with Crippen LogP contribution in [-0.4, -0.2) is 52.8 Å². The van der Waals surface area contributed by atoms with Gasteiger partial charge in [0.15, 0.2) is 0 Å². The molecule has 8 heteroatoms. The Hall–Kier alpha value is -2.79. The molecule has 0 aromatic carbocycles. The molecule has 23 heavy (non-hydrogen) atoms. The normalized spacial score (nSPS) is 14.3. The van der Waals surface area contributed by atoms with E-state index in [-0.39, 0.29) is 5.82 Å². The number of anilines is 2. The summed E-state index contributed by atoms with van der Waals surface area (Å²) in [5, 5.41) is 12.3. The zero-order chi connectivity index (χ0) is 15.9. The van der Waals surface area contributed by atoms with Gasteiger partial charge in [0.25, 0.3) is 0 Å². The maximum absolute atomic E-state index is 9.11. The Morgan fingerprint density at radius 3 is 2.87 bits per heavy atom. The fraction of sp³-hybridized carbons (Fsp3) is 0.400. The third-order valence-corrected chi connectivity index (χ3v) is 3.44. The maximum Gasteiger partial charge on any atom is 0.238 e. The van der Waals surface area contributed by atoms with Crippen LogP contribution in [0.5, 0.6) is 0 Å². The predicted molar refractivity (Wildman–Crippen MR) is 84.0 cm³/mol. The van der Waals surface area contributed by atoms with E-state index in [9.17, 15) is 0 Å². The van der Waals surface area contributed by atoms with Crippen LogP contribution in [0, 0.1) is 11.3 Å². The van der Waals surface area contributed by atoms with Gasteiger partial charge in [0.1, 0.15) is 6.07 Å². The lowest BCUT2D eigenvalue weighted by Crippen LogP contribution is -2.37. The number of hydrogen-bond acceptors (Lipinski definition) is 8. The van der Waals surface area contributed by atoms with Crippen molar-refractivity contribution in [2.75, 3.05) is 43.1 Å². The van der Waals surface area contributed by atoms with Crippen molar-refractivity contribution in [3.05, 3.63) is 35.9 Å². The summed E-state index contributed by atoms with van der Waals surface area (Å²) in [5.41, 5.74) is 1.13. The molecule has 0 unspecified atom stereocenters. The molecule has 1 saturated heterocycles. The van der Waals surface area contributed by atoms with Crippen LogP contribution in [0.3, 0.4) is 0 Å². The Labute approximate surface area is 134 Å². The van der Waals surface area contributed by atoms with Gasteiger partial charge in [-0.05, 0) is 18.1 Å². The number of nitriles is 1. The second kappa shape index (κ2) is 7.47. The molecule has 1 fully saturated rings. The van der Waals surface area contributed by atoms with Crippen LogP contribution in [-0.2, 0) is 11.2 Å². The van der Waals surface area contributed by atoms with Crippen molar-refractivity contribution in [3.8, 4) is 6.07 Å². The monoisotopic (exact) mass is 311 g/mol. The highest BCUT2D eigenvalue weighted by molar-refractivity contribution is 5.39. The average molecular weight is 311 g/mol. The summed E-state index contributed by atoms with van der Waals surface area (Å²) in [5.74, 6) is 1.05. The predicted octanol–water partition coefficient (Wildman–Crippen LogP) is 0.629. The van der Waals surface area contributed by atoms with Gasteiger partial charge in [-0.25, -0.2) is 0 Å². The molecular weight excluding hydrogens is 294 g/mol. The lowest BCUT2D eigenvalue weighted by Gasteiger charge is -2.26. The van der Waals surface area contributed by atoms with Crippen LogP contribution in [0.15, 0.2) is 24.5 Å². The minimum absolute atomic E-state index is 0.116. The Bertz CT molecular complexity index is 680. The van der Waals surface area contributed by atoms with Crippen LogP contribution < -0.4 is 10.2 Å². The highest BCUT2D eigenvalue weighted by Gasteiger charge is 2.16. The summed E-state index contributed by atoms with van der Waals surface area (Å²) in [6.07, 6.45) is 4.37. The zero-order valence-electron chi connectivity index (χ0n) is 12.6. The first-order chi connectivity index (χ1) is 11.3. The topological polar surface area (TPSA) is 99.9 Å². The van der Waals surface area contributed by atoms with Gasteiger partial charge in [0, 0.05) is 32.0 Å². The first kappa shape index (κ1) is 15.1. The summed E-state index contributed by atoms with van der Waals surface area (Å²) in [7, 11) is 0. The quantitative estimate of drug-likeness (QED) is 0.858. The molecule has 118 valence electrons. The molecule has 3 rings (SSSR count). The van der Waals surface area contributed by atoms with Crippen molar-refractivity contribution in [2.24, 2.45) is 0 Å². The Kier molecular flexibility index (Phi) is 4.91. The number of pyridine rings is 1. The molecule has 0 radical (unpaired) electrons. The molecule has 8 nitrogen and oxygen atoms in total. The van der Waals surface area contributed by atoms with Gasteiger partial charge in [-0.15, -0.1) is 0 Å². The van der Waals surface area contributed by atoms with Crippen LogP contribution >= 0.6 is 0 Å². The Morgan fingerprint density at radius 2 is 2.13 bits per heavy atom. The zero-order valence-corrected chi connectivity index (χ0v) is 12.6. The molecule has 3 heterocycles. The van der Waals surface area contributed by atoms with Crippen molar-refractivity contribution in [3.63, 3.8) is 0 Å². The SMILES string of the molecule is N#Cc1nc(NCCc2cccnc2)nc(N2CCOCC2)n1. The lowest BCUT2D eigenvalue weighted by atomic mass is 10.2. The molecule has 1 aliphatic heterocycles. The van der Waals surface area contributed by atoms with Gasteiger partial charge < -0.3 is 15.0 Å². The summed E-state index contributed by atoms with van der Waals surface area (Å²) >= 11 is 0. The standard InChI is InChI=1S/C15H17N7O/c16-10-13-19-14(18-5-3-12-2-1-4-17-11-12)21-15(20-13)22-6-8-23-9-7-22/h1-2,4,11H,3,5-9H2,(H,18,19,20,21).